The zero-order chi connectivity index (χ0) is 22.1. The molecule has 0 aliphatic carbocycles. The average Bonchev–Trinajstić information content (AvgIpc) is 3.32. The van der Waals surface area contributed by atoms with Crippen LogP contribution in [0.5, 0.6) is 5.75 Å². The maximum absolute atomic E-state index is 13.1. The van der Waals surface area contributed by atoms with Crippen LogP contribution in [0, 0.1) is 5.82 Å². The SMILES string of the molecule is CCNC(=NCC(c1ccccc1OC)N1CCCC1)NCC(O)c1ccc(F)cc1. The Labute approximate surface area is 184 Å². The van der Waals surface area contributed by atoms with Gasteiger partial charge in [-0.3, -0.25) is 9.89 Å². The molecule has 2 unspecified atom stereocenters. The standard InChI is InChI=1S/C24H33FN4O2/c1-3-26-24(28-17-22(30)18-10-12-19(25)13-11-18)27-16-21(29-14-6-7-15-29)20-8-4-5-9-23(20)31-2/h4-5,8-13,21-22,30H,3,6-7,14-17H2,1-2H3,(H2,26,27,28). The van der Waals surface area contributed by atoms with Gasteiger partial charge in [-0.2, -0.15) is 0 Å². The third kappa shape index (κ3) is 6.42. The van der Waals surface area contributed by atoms with Gasteiger partial charge in [-0.25, -0.2) is 4.39 Å². The number of guanidine groups is 1. The van der Waals surface area contributed by atoms with Crippen molar-refractivity contribution in [3.63, 3.8) is 0 Å². The first-order valence-corrected chi connectivity index (χ1v) is 10.9. The summed E-state index contributed by atoms with van der Waals surface area (Å²) in [6.45, 7) is 5.66. The quantitative estimate of drug-likeness (QED) is 0.423. The number of methoxy groups -OCH3 is 1. The third-order valence-corrected chi connectivity index (χ3v) is 5.56. The minimum atomic E-state index is -0.756. The fourth-order valence-corrected chi connectivity index (χ4v) is 3.92. The van der Waals surface area contributed by atoms with Crippen LogP contribution in [0.25, 0.3) is 0 Å². The summed E-state index contributed by atoms with van der Waals surface area (Å²) in [6.07, 6.45) is 1.63. The Balaban J connectivity index is 1.71. The number of nitrogens with zero attached hydrogens (tertiary/aromatic N) is 2. The summed E-state index contributed by atoms with van der Waals surface area (Å²) < 4.78 is 18.7. The molecule has 0 bridgehead atoms. The van der Waals surface area contributed by atoms with E-state index < -0.39 is 6.10 Å². The number of hydrogen-bond acceptors (Lipinski definition) is 4. The number of aliphatic hydroxyl groups excluding tert-OH is 1. The van der Waals surface area contributed by atoms with Crippen molar-refractivity contribution in [1.29, 1.82) is 0 Å². The molecule has 6 nitrogen and oxygen atoms in total. The molecule has 1 aliphatic rings. The lowest BCUT2D eigenvalue weighted by Crippen LogP contribution is -2.40. The van der Waals surface area contributed by atoms with Crippen LogP contribution in [0.15, 0.2) is 53.5 Å². The van der Waals surface area contributed by atoms with Crippen molar-refractivity contribution in [2.24, 2.45) is 4.99 Å². The summed E-state index contributed by atoms with van der Waals surface area (Å²) in [5, 5.41) is 16.9. The highest BCUT2D eigenvalue weighted by Gasteiger charge is 2.25. The van der Waals surface area contributed by atoms with Crippen LogP contribution in [0.2, 0.25) is 0 Å². The lowest BCUT2D eigenvalue weighted by atomic mass is 10.0. The molecule has 0 aromatic heterocycles. The molecule has 3 rings (SSSR count). The number of hydrogen-bond donors (Lipinski definition) is 3. The van der Waals surface area contributed by atoms with E-state index in [1.807, 2.05) is 25.1 Å². The summed E-state index contributed by atoms with van der Waals surface area (Å²) in [5.41, 5.74) is 1.80. The van der Waals surface area contributed by atoms with Gasteiger partial charge in [0.2, 0.25) is 0 Å². The predicted octanol–water partition coefficient (Wildman–Crippen LogP) is 3.26. The van der Waals surface area contributed by atoms with E-state index in [1.165, 1.54) is 25.0 Å². The first-order chi connectivity index (χ1) is 15.1. The van der Waals surface area contributed by atoms with Crippen molar-refractivity contribution in [3.05, 3.63) is 65.5 Å². The molecule has 168 valence electrons. The molecule has 2 aromatic carbocycles. The zero-order valence-electron chi connectivity index (χ0n) is 18.4. The number of para-hydroxylation sites is 1. The molecule has 0 radical (unpaired) electrons. The van der Waals surface area contributed by atoms with Crippen LogP contribution in [0.3, 0.4) is 0 Å². The Morgan fingerprint density at radius 2 is 1.84 bits per heavy atom. The number of rotatable bonds is 9. The zero-order valence-corrected chi connectivity index (χ0v) is 18.4. The van der Waals surface area contributed by atoms with E-state index in [0.717, 1.165) is 24.4 Å². The minimum absolute atomic E-state index is 0.121. The number of likely N-dealkylation sites (tertiary alicyclic amines) is 1. The normalized spacial score (nSPS) is 16.7. The Morgan fingerprint density at radius 3 is 2.52 bits per heavy atom. The highest BCUT2D eigenvalue weighted by atomic mass is 19.1. The van der Waals surface area contributed by atoms with Crippen molar-refractivity contribution < 1.29 is 14.2 Å². The van der Waals surface area contributed by atoms with Gasteiger partial charge in [0.05, 0.1) is 25.8 Å². The lowest BCUT2D eigenvalue weighted by Gasteiger charge is -2.28. The van der Waals surface area contributed by atoms with Gasteiger partial charge in [0, 0.05) is 18.7 Å². The van der Waals surface area contributed by atoms with Crippen LogP contribution in [0.4, 0.5) is 4.39 Å². The Kier molecular flexibility index (Phi) is 8.67. The number of benzene rings is 2. The fraction of sp³-hybridized carbons (Fsp3) is 0.458. The van der Waals surface area contributed by atoms with E-state index >= 15 is 0 Å². The topological polar surface area (TPSA) is 69.1 Å². The maximum atomic E-state index is 13.1. The van der Waals surface area contributed by atoms with E-state index in [-0.39, 0.29) is 18.4 Å². The largest absolute Gasteiger partial charge is 0.496 e. The van der Waals surface area contributed by atoms with Crippen LogP contribution in [0.1, 0.15) is 43.0 Å². The van der Waals surface area contributed by atoms with E-state index in [2.05, 4.69) is 21.6 Å². The van der Waals surface area contributed by atoms with Gasteiger partial charge in [-0.1, -0.05) is 30.3 Å². The van der Waals surface area contributed by atoms with Crippen molar-refractivity contribution in [3.8, 4) is 5.75 Å². The van der Waals surface area contributed by atoms with Gasteiger partial charge in [-0.05, 0) is 56.6 Å². The highest BCUT2D eigenvalue weighted by Crippen LogP contribution is 2.31. The van der Waals surface area contributed by atoms with Crippen molar-refractivity contribution in [2.75, 3.05) is 39.8 Å². The van der Waals surface area contributed by atoms with Crippen LogP contribution < -0.4 is 15.4 Å². The van der Waals surface area contributed by atoms with Gasteiger partial charge >= 0.3 is 0 Å². The first kappa shape index (κ1) is 23.0. The number of halogens is 1. The van der Waals surface area contributed by atoms with Crippen molar-refractivity contribution in [2.45, 2.75) is 31.9 Å². The molecule has 2 aromatic rings. The highest BCUT2D eigenvalue weighted by molar-refractivity contribution is 5.79. The molecule has 7 heteroatoms. The van der Waals surface area contributed by atoms with Gasteiger partial charge in [0.1, 0.15) is 11.6 Å². The summed E-state index contributed by atoms with van der Waals surface area (Å²) >= 11 is 0. The summed E-state index contributed by atoms with van der Waals surface area (Å²) in [6, 6.07) is 14.1. The molecule has 1 heterocycles. The first-order valence-electron chi connectivity index (χ1n) is 10.9. The summed E-state index contributed by atoms with van der Waals surface area (Å²) in [7, 11) is 1.70. The van der Waals surface area contributed by atoms with E-state index in [0.29, 0.717) is 24.6 Å². The molecule has 2 atom stereocenters. The number of aliphatic hydroxyl groups is 1. The van der Waals surface area contributed by atoms with Crippen molar-refractivity contribution in [1.82, 2.24) is 15.5 Å². The van der Waals surface area contributed by atoms with E-state index in [9.17, 15) is 9.50 Å². The second-order valence-corrected chi connectivity index (χ2v) is 7.67. The van der Waals surface area contributed by atoms with Gasteiger partial charge < -0.3 is 20.5 Å². The monoisotopic (exact) mass is 428 g/mol. The molecule has 1 saturated heterocycles. The smallest absolute Gasteiger partial charge is 0.191 e. The van der Waals surface area contributed by atoms with Gasteiger partial charge in [0.15, 0.2) is 5.96 Å². The van der Waals surface area contributed by atoms with E-state index in [4.69, 9.17) is 9.73 Å². The second-order valence-electron chi connectivity index (χ2n) is 7.67. The molecular weight excluding hydrogens is 395 g/mol. The van der Waals surface area contributed by atoms with Crippen molar-refractivity contribution >= 4 is 5.96 Å². The Bertz CT molecular complexity index is 838. The molecule has 0 spiro atoms. The second kappa shape index (κ2) is 11.7. The fourth-order valence-electron chi connectivity index (χ4n) is 3.92. The predicted molar refractivity (Wildman–Crippen MR) is 122 cm³/mol. The van der Waals surface area contributed by atoms with E-state index in [1.54, 1.807) is 19.2 Å². The Morgan fingerprint density at radius 1 is 1.13 bits per heavy atom. The molecule has 0 amide bonds. The minimum Gasteiger partial charge on any atom is -0.496 e. The van der Waals surface area contributed by atoms with Gasteiger partial charge in [-0.15, -0.1) is 0 Å². The summed E-state index contributed by atoms with van der Waals surface area (Å²) in [5.74, 6) is 1.20. The number of aliphatic imine (C=N–C) groups is 1. The third-order valence-electron chi connectivity index (χ3n) is 5.56. The number of nitrogens with one attached hydrogen (secondary N) is 2. The summed E-state index contributed by atoms with van der Waals surface area (Å²) in [4.78, 5) is 7.27. The van der Waals surface area contributed by atoms with Crippen LogP contribution in [-0.2, 0) is 0 Å². The molecular formula is C24H33FN4O2. The average molecular weight is 429 g/mol. The molecule has 3 N–H and O–H groups in total. The molecule has 1 fully saturated rings. The molecule has 1 aliphatic heterocycles. The number of ether oxygens (including phenoxy) is 1. The van der Waals surface area contributed by atoms with Crippen LogP contribution >= 0.6 is 0 Å². The molecule has 31 heavy (non-hydrogen) atoms. The lowest BCUT2D eigenvalue weighted by molar-refractivity contribution is 0.180. The van der Waals surface area contributed by atoms with Crippen LogP contribution in [-0.4, -0.2) is 55.8 Å². The maximum Gasteiger partial charge on any atom is 0.191 e. The Hall–Kier alpha value is -2.64. The molecule has 0 saturated carbocycles. The van der Waals surface area contributed by atoms with Gasteiger partial charge in [0.25, 0.3) is 0 Å².